The lowest BCUT2D eigenvalue weighted by atomic mass is 10.1. The van der Waals surface area contributed by atoms with Gasteiger partial charge in [0.1, 0.15) is 17.4 Å². The van der Waals surface area contributed by atoms with E-state index in [2.05, 4.69) is 0 Å². The molecule has 3 heteroatoms. The van der Waals surface area contributed by atoms with Crippen molar-refractivity contribution in [1.29, 1.82) is 0 Å². The first-order chi connectivity index (χ1) is 9.08. The van der Waals surface area contributed by atoms with Gasteiger partial charge in [0.25, 0.3) is 0 Å². The van der Waals surface area contributed by atoms with Gasteiger partial charge in [0, 0.05) is 0 Å². The summed E-state index contributed by atoms with van der Waals surface area (Å²) >= 11 is 0. The number of para-hydroxylation sites is 1. The molecule has 1 unspecified atom stereocenters. The molecule has 2 rings (SSSR count). The van der Waals surface area contributed by atoms with E-state index < -0.39 is 5.97 Å². The van der Waals surface area contributed by atoms with Crippen molar-refractivity contribution in [2.45, 2.75) is 20.0 Å². The molecule has 0 aliphatic carbocycles. The first kappa shape index (κ1) is 13.1. The second-order valence-electron chi connectivity index (χ2n) is 4.48. The molecule has 0 heterocycles. The van der Waals surface area contributed by atoms with Crippen molar-refractivity contribution in [1.82, 2.24) is 0 Å². The third kappa shape index (κ3) is 3.13. The molecule has 0 spiro atoms. The zero-order chi connectivity index (χ0) is 13.8. The quantitative estimate of drug-likeness (QED) is 0.853. The van der Waals surface area contributed by atoms with Gasteiger partial charge in [-0.1, -0.05) is 42.0 Å². The summed E-state index contributed by atoms with van der Waals surface area (Å²) in [4.78, 5) is 12.0. The highest BCUT2D eigenvalue weighted by atomic mass is 16.5. The second kappa shape index (κ2) is 5.57. The third-order valence-corrected chi connectivity index (χ3v) is 2.92. The van der Waals surface area contributed by atoms with Crippen molar-refractivity contribution < 1.29 is 14.6 Å². The monoisotopic (exact) mass is 256 g/mol. The number of carbonyl (C=O) groups is 1. The van der Waals surface area contributed by atoms with Crippen LogP contribution in [-0.2, 0) is 4.74 Å². The summed E-state index contributed by atoms with van der Waals surface area (Å²) in [6, 6.07) is 14.2. The maximum absolute atomic E-state index is 12.0. The van der Waals surface area contributed by atoms with Crippen LogP contribution in [0.1, 0.15) is 34.5 Å². The number of rotatable bonds is 3. The molecule has 1 atom stereocenters. The van der Waals surface area contributed by atoms with Crippen molar-refractivity contribution in [2.24, 2.45) is 0 Å². The number of aromatic hydroxyl groups is 1. The maximum Gasteiger partial charge on any atom is 0.342 e. The minimum atomic E-state index is -0.521. The number of hydrogen-bond acceptors (Lipinski definition) is 3. The Labute approximate surface area is 112 Å². The number of benzene rings is 2. The van der Waals surface area contributed by atoms with Crippen molar-refractivity contribution >= 4 is 5.97 Å². The van der Waals surface area contributed by atoms with E-state index in [-0.39, 0.29) is 17.4 Å². The fraction of sp³-hybridized carbons (Fsp3) is 0.188. The zero-order valence-electron chi connectivity index (χ0n) is 11.0. The van der Waals surface area contributed by atoms with E-state index in [1.54, 1.807) is 18.2 Å². The van der Waals surface area contributed by atoms with Crippen LogP contribution in [0.2, 0.25) is 0 Å². The van der Waals surface area contributed by atoms with Crippen LogP contribution in [0.5, 0.6) is 5.75 Å². The molecular formula is C16H16O3. The Balaban J connectivity index is 2.13. The van der Waals surface area contributed by atoms with E-state index in [4.69, 9.17) is 4.74 Å². The summed E-state index contributed by atoms with van der Waals surface area (Å²) in [7, 11) is 0. The van der Waals surface area contributed by atoms with Gasteiger partial charge in [-0.15, -0.1) is 0 Å². The Bertz CT molecular complexity index is 590. The predicted molar refractivity (Wildman–Crippen MR) is 73.1 cm³/mol. The molecule has 0 bridgehead atoms. The topological polar surface area (TPSA) is 46.5 Å². The van der Waals surface area contributed by atoms with Crippen LogP contribution in [-0.4, -0.2) is 11.1 Å². The Hall–Kier alpha value is -2.29. The largest absolute Gasteiger partial charge is 0.507 e. The molecule has 0 aromatic heterocycles. The van der Waals surface area contributed by atoms with Crippen molar-refractivity contribution in [3.05, 3.63) is 65.2 Å². The van der Waals surface area contributed by atoms with Crippen LogP contribution in [0, 0.1) is 6.92 Å². The number of ether oxygens (including phenoxy) is 1. The van der Waals surface area contributed by atoms with Crippen molar-refractivity contribution in [3.63, 3.8) is 0 Å². The Morgan fingerprint density at radius 2 is 1.89 bits per heavy atom. The van der Waals surface area contributed by atoms with Crippen LogP contribution in [0.3, 0.4) is 0 Å². The minimum absolute atomic E-state index is 0.0658. The fourth-order valence-corrected chi connectivity index (χ4v) is 1.86. The molecule has 1 N–H and O–H groups in total. The van der Waals surface area contributed by atoms with Crippen LogP contribution in [0.4, 0.5) is 0 Å². The van der Waals surface area contributed by atoms with Crippen LogP contribution < -0.4 is 0 Å². The Morgan fingerprint density at radius 3 is 2.58 bits per heavy atom. The number of aryl methyl sites for hydroxylation is 1. The highest BCUT2D eigenvalue weighted by Gasteiger charge is 2.16. The first-order valence-corrected chi connectivity index (χ1v) is 6.13. The average Bonchev–Trinajstić information content (AvgIpc) is 2.39. The molecule has 2 aromatic rings. The molecule has 19 heavy (non-hydrogen) atoms. The Morgan fingerprint density at radius 1 is 1.16 bits per heavy atom. The van der Waals surface area contributed by atoms with Gasteiger partial charge in [-0.05, 0) is 31.5 Å². The van der Waals surface area contributed by atoms with Crippen molar-refractivity contribution in [2.75, 3.05) is 0 Å². The van der Waals surface area contributed by atoms with E-state index in [1.807, 2.05) is 38.1 Å². The summed E-state index contributed by atoms with van der Waals surface area (Å²) < 4.78 is 5.36. The third-order valence-electron chi connectivity index (χ3n) is 2.92. The van der Waals surface area contributed by atoms with Gasteiger partial charge in [0.05, 0.1) is 0 Å². The number of phenols is 1. The zero-order valence-corrected chi connectivity index (χ0v) is 11.0. The fourth-order valence-electron chi connectivity index (χ4n) is 1.86. The van der Waals surface area contributed by atoms with E-state index in [0.717, 1.165) is 11.1 Å². The van der Waals surface area contributed by atoms with E-state index in [9.17, 15) is 9.90 Å². The Kier molecular flexibility index (Phi) is 3.85. The normalized spacial score (nSPS) is 11.9. The summed E-state index contributed by atoms with van der Waals surface area (Å²) in [5.74, 6) is -0.587. The lowest BCUT2D eigenvalue weighted by molar-refractivity contribution is 0.0334. The number of phenolic OH excluding ortho intramolecular Hbond substituents is 1. The average molecular weight is 256 g/mol. The summed E-state index contributed by atoms with van der Waals surface area (Å²) in [6.45, 7) is 3.80. The van der Waals surface area contributed by atoms with E-state index in [0.29, 0.717) is 0 Å². The molecule has 98 valence electrons. The molecule has 2 aromatic carbocycles. The van der Waals surface area contributed by atoms with Crippen LogP contribution >= 0.6 is 0 Å². The van der Waals surface area contributed by atoms with E-state index in [1.165, 1.54) is 6.07 Å². The molecular weight excluding hydrogens is 240 g/mol. The highest BCUT2D eigenvalue weighted by molar-refractivity contribution is 5.92. The second-order valence-corrected chi connectivity index (χ2v) is 4.48. The molecule has 0 amide bonds. The molecule has 0 aliphatic rings. The van der Waals surface area contributed by atoms with Gasteiger partial charge >= 0.3 is 5.97 Å². The molecule has 0 saturated heterocycles. The van der Waals surface area contributed by atoms with Gasteiger partial charge in [-0.3, -0.25) is 0 Å². The number of esters is 1. The van der Waals surface area contributed by atoms with Gasteiger partial charge < -0.3 is 9.84 Å². The lowest BCUT2D eigenvalue weighted by Gasteiger charge is -2.14. The van der Waals surface area contributed by atoms with Crippen LogP contribution in [0.25, 0.3) is 0 Å². The smallest absolute Gasteiger partial charge is 0.342 e. The summed E-state index contributed by atoms with van der Waals surface area (Å²) in [5, 5.41) is 9.61. The number of hydrogen-bond donors (Lipinski definition) is 1. The molecule has 3 nitrogen and oxygen atoms in total. The van der Waals surface area contributed by atoms with E-state index >= 15 is 0 Å². The van der Waals surface area contributed by atoms with Gasteiger partial charge in [-0.2, -0.15) is 0 Å². The predicted octanol–water partition coefficient (Wildman–Crippen LogP) is 3.62. The van der Waals surface area contributed by atoms with Crippen LogP contribution in [0.15, 0.2) is 48.5 Å². The van der Waals surface area contributed by atoms with Crippen molar-refractivity contribution in [3.8, 4) is 5.75 Å². The van der Waals surface area contributed by atoms with Gasteiger partial charge in [-0.25, -0.2) is 4.79 Å². The minimum Gasteiger partial charge on any atom is -0.507 e. The SMILES string of the molecule is Cc1cccc(C(C)OC(=O)c2ccccc2O)c1. The summed E-state index contributed by atoms with van der Waals surface area (Å²) in [6.07, 6.45) is -0.355. The number of carbonyl (C=O) groups excluding carboxylic acids is 1. The lowest BCUT2D eigenvalue weighted by Crippen LogP contribution is -2.09. The summed E-state index contributed by atoms with van der Waals surface area (Å²) in [5.41, 5.74) is 2.23. The standard InChI is InChI=1S/C16H16O3/c1-11-6-5-7-13(10-11)12(2)19-16(18)14-8-3-4-9-15(14)17/h3-10,12,17H,1-2H3. The maximum atomic E-state index is 12.0. The molecule has 0 fully saturated rings. The van der Waals surface area contributed by atoms with Gasteiger partial charge in [0.15, 0.2) is 0 Å². The highest BCUT2D eigenvalue weighted by Crippen LogP contribution is 2.22. The molecule has 0 radical (unpaired) electrons. The van der Waals surface area contributed by atoms with Gasteiger partial charge in [0.2, 0.25) is 0 Å². The molecule has 0 aliphatic heterocycles. The molecule has 0 saturated carbocycles. The first-order valence-electron chi connectivity index (χ1n) is 6.13.